The molecule has 3 rings (SSSR count). The number of hydrogen-bond acceptors (Lipinski definition) is 6. The normalized spacial score (nSPS) is 11.4. The highest BCUT2D eigenvalue weighted by molar-refractivity contribution is 5.89. The average molecular weight is 424 g/mol. The van der Waals surface area contributed by atoms with Crippen molar-refractivity contribution in [1.82, 2.24) is 19.4 Å². The average Bonchev–Trinajstić information content (AvgIpc) is 3.18. The Bertz CT molecular complexity index is 962. The molecule has 7 nitrogen and oxygen atoms in total. The lowest BCUT2D eigenvalue weighted by molar-refractivity contribution is -0.119. The zero-order valence-corrected chi connectivity index (χ0v) is 18.5. The SMILES string of the molecule is CCCN(CCO)CCCC(=O)CCn1ccc2c(Nc3ccc(C)cc3)ncnc21. The lowest BCUT2D eigenvalue weighted by atomic mass is 10.1. The molecule has 0 atom stereocenters. The molecule has 0 aliphatic rings. The van der Waals surface area contributed by atoms with Crippen LogP contribution in [0.5, 0.6) is 0 Å². The number of aromatic nitrogens is 3. The number of ketones is 1. The molecular formula is C24H33N5O2. The Hall–Kier alpha value is -2.77. The van der Waals surface area contributed by atoms with Gasteiger partial charge in [-0.2, -0.15) is 0 Å². The van der Waals surface area contributed by atoms with Crippen LogP contribution in [0.1, 0.15) is 38.2 Å². The Balaban J connectivity index is 1.55. The molecule has 0 unspecified atom stereocenters. The summed E-state index contributed by atoms with van der Waals surface area (Å²) in [5, 5.41) is 13.4. The van der Waals surface area contributed by atoms with E-state index in [2.05, 4.69) is 46.2 Å². The second kappa shape index (κ2) is 11.6. The van der Waals surface area contributed by atoms with Gasteiger partial charge in [-0.1, -0.05) is 24.6 Å². The number of aliphatic hydroxyl groups excluding tert-OH is 1. The van der Waals surface area contributed by atoms with Crippen LogP contribution >= 0.6 is 0 Å². The number of fused-ring (bicyclic) bond motifs is 1. The fourth-order valence-electron chi connectivity index (χ4n) is 3.72. The zero-order chi connectivity index (χ0) is 22.1. The third-order valence-corrected chi connectivity index (χ3v) is 5.39. The van der Waals surface area contributed by atoms with Gasteiger partial charge >= 0.3 is 0 Å². The van der Waals surface area contributed by atoms with Gasteiger partial charge in [-0.05, 0) is 51.1 Å². The van der Waals surface area contributed by atoms with Crippen LogP contribution in [-0.4, -0.2) is 56.6 Å². The van der Waals surface area contributed by atoms with Gasteiger partial charge in [-0.25, -0.2) is 9.97 Å². The van der Waals surface area contributed by atoms with E-state index in [1.807, 2.05) is 29.0 Å². The summed E-state index contributed by atoms with van der Waals surface area (Å²) < 4.78 is 2.02. The molecule has 0 aliphatic carbocycles. The van der Waals surface area contributed by atoms with Crippen molar-refractivity contribution < 1.29 is 9.90 Å². The molecule has 3 aromatic rings. The largest absolute Gasteiger partial charge is 0.395 e. The fourth-order valence-corrected chi connectivity index (χ4v) is 3.72. The Kier molecular flexibility index (Phi) is 8.55. The number of aliphatic hydroxyl groups is 1. The highest BCUT2D eigenvalue weighted by Gasteiger charge is 2.11. The van der Waals surface area contributed by atoms with Crippen molar-refractivity contribution in [2.75, 3.05) is 31.6 Å². The molecule has 0 spiro atoms. The maximum atomic E-state index is 12.4. The molecule has 2 N–H and O–H groups in total. The molecule has 0 amide bonds. The van der Waals surface area contributed by atoms with E-state index in [0.717, 1.165) is 48.5 Å². The Morgan fingerprint density at radius 3 is 2.65 bits per heavy atom. The molecule has 1 aromatic carbocycles. The summed E-state index contributed by atoms with van der Waals surface area (Å²) in [6, 6.07) is 10.2. The number of benzene rings is 1. The fraction of sp³-hybridized carbons (Fsp3) is 0.458. The first-order valence-corrected chi connectivity index (χ1v) is 11.1. The van der Waals surface area contributed by atoms with Crippen LogP contribution in [0.2, 0.25) is 0 Å². The second-order valence-electron chi connectivity index (χ2n) is 7.92. The van der Waals surface area contributed by atoms with Crippen LogP contribution in [0.3, 0.4) is 0 Å². The number of anilines is 2. The highest BCUT2D eigenvalue weighted by Crippen LogP contribution is 2.24. The molecule has 2 aromatic heterocycles. The third-order valence-electron chi connectivity index (χ3n) is 5.39. The summed E-state index contributed by atoms with van der Waals surface area (Å²) in [5.74, 6) is 1.02. The van der Waals surface area contributed by atoms with Crippen molar-refractivity contribution >= 4 is 28.3 Å². The van der Waals surface area contributed by atoms with Crippen LogP contribution in [0.25, 0.3) is 11.0 Å². The summed E-state index contributed by atoms with van der Waals surface area (Å²) in [4.78, 5) is 23.4. The van der Waals surface area contributed by atoms with Gasteiger partial charge in [0.25, 0.3) is 0 Å². The van der Waals surface area contributed by atoms with Gasteiger partial charge in [0.15, 0.2) is 0 Å². The van der Waals surface area contributed by atoms with E-state index in [-0.39, 0.29) is 12.4 Å². The molecule has 0 saturated carbocycles. The summed E-state index contributed by atoms with van der Waals surface area (Å²) in [6.45, 7) is 7.45. The number of carbonyl (C=O) groups is 1. The molecule has 31 heavy (non-hydrogen) atoms. The molecule has 0 aliphatic heterocycles. The predicted octanol–water partition coefficient (Wildman–Crippen LogP) is 3.93. The minimum absolute atomic E-state index is 0.164. The summed E-state index contributed by atoms with van der Waals surface area (Å²) in [7, 11) is 0. The number of nitrogens with one attached hydrogen (secondary N) is 1. The lowest BCUT2D eigenvalue weighted by Gasteiger charge is -2.20. The molecule has 0 fully saturated rings. The van der Waals surface area contributed by atoms with Gasteiger partial charge in [0.2, 0.25) is 0 Å². The van der Waals surface area contributed by atoms with Crippen molar-refractivity contribution in [1.29, 1.82) is 0 Å². The van der Waals surface area contributed by atoms with E-state index in [0.29, 0.717) is 25.9 Å². The van der Waals surface area contributed by atoms with Gasteiger partial charge < -0.3 is 19.9 Å². The molecule has 0 bridgehead atoms. The maximum absolute atomic E-state index is 12.4. The third kappa shape index (κ3) is 6.60. The van der Waals surface area contributed by atoms with Crippen LogP contribution < -0.4 is 5.32 Å². The van der Waals surface area contributed by atoms with Crippen molar-refractivity contribution in [2.24, 2.45) is 0 Å². The minimum Gasteiger partial charge on any atom is -0.395 e. The van der Waals surface area contributed by atoms with Crippen molar-refractivity contribution in [3.05, 3.63) is 48.4 Å². The quantitative estimate of drug-likeness (QED) is 0.433. The number of carbonyl (C=O) groups excluding carboxylic acids is 1. The highest BCUT2D eigenvalue weighted by atomic mass is 16.3. The van der Waals surface area contributed by atoms with Gasteiger partial charge in [-0.3, -0.25) is 4.79 Å². The molecule has 166 valence electrons. The van der Waals surface area contributed by atoms with E-state index >= 15 is 0 Å². The first kappa shape index (κ1) is 22.9. The number of hydrogen-bond donors (Lipinski definition) is 2. The smallest absolute Gasteiger partial charge is 0.145 e. The molecular weight excluding hydrogens is 390 g/mol. The van der Waals surface area contributed by atoms with Gasteiger partial charge in [0.05, 0.1) is 12.0 Å². The van der Waals surface area contributed by atoms with Crippen LogP contribution in [-0.2, 0) is 11.3 Å². The van der Waals surface area contributed by atoms with E-state index in [9.17, 15) is 4.79 Å². The van der Waals surface area contributed by atoms with E-state index < -0.39 is 0 Å². The Labute approximate surface area is 184 Å². The van der Waals surface area contributed by atoms with Crippen molar-refractivity contribution in [3.63, 3.8) is 0 Å². The van der Waals surface area contributed by atoms with Crippen LogP contribution in [0, 0.1) is 6.92 Å². The first-order chi connectivity index (χ1) is 15.1. The standard InChI is InChI=1S/C24H33N5O2/c1-3-12-28(16-17-30)13-4-5-21(31)10-14-29-15-11-22-23(25-18-26-24(22)29)27-20-8-6-19(2)7-9-20/h6-9,11,15,18,30H,3-5,10,12-14,16-17H2,1-2H3,(H,25,26,27). The second-order valence-corrected chi connectivity index (χ2v) is 7.92. The van der Waals surface area contributed by atoms with E-state index in [4.69, 9.17) is 5.11 Å². The molecule has 0 radical (unpaired) electrons. The van der Waals surface area contributed by atoms with E-state index in [1.165, 1.54) is 5.56 Å². The number of aryl methyl sites for hydroxylation is 2. The predicted molar refractivity (Wildman–Crippen MR) is 125 cm³/mol. The monoisotopic (exact) mass is 423 g/mol. The topological polar surface area (TPSA) is 83.3 Å². The first-order valence-electron chi connectivity index (χ1n) is 11.1. The lowest BCUT2D eigenvalue weighted by Crippen LogP contribution is -2.29. The van der Waals surface area contributed by atoms with Gasteiger partial charge in [-0.15, -0.1) is 0 Å². The zero-order valence-electron chi connectivity index (χ0n) is 18.5. The van der Waals surface area contributed by atoms with Gasteiger partial charge in [0.1, 0.15) is 23.6 Å². The molecule has 0 saturated heterocycles. The summed E-state index contributed by atoms with van der Waals surface area (Å²) in [6.07, 6.45) is 6.47. The minimum atomic E-state index is 0.164. The van der Waals surface area contributed by atoms with Crippen LogP contribution in [0.15, 0.2) is 42.9 Å². The number of rotatable bonds is 13. The van der Waals surface area contributed by atoms with E-state index in [1.54, 1.807) is 6.33 Å². The number of nitrogens with zero attached hydrogens (tertiary/aromatic N) is 4. The maximum Gasteiger partial charge on any atom is 0.145 e. The Morgan fingerprint density at radius 2 is 1.90 bits per heavy atom. The summed E-state index contributed by atoms with van der Waals surface area (Å²) >= 11 is 0. The Morgan fingerprint density at radius 1 is 1.10 bits per heavy atom. The van der Waals surface area contributed by atoms with Crippen molar-refractivity contribution in [3.8, 4) is 0 Å². The van der Waals surface area contributed by atoms with Crippen LogP contribution in [0.4, 0.5) is 11.5 Å². The van der Waals surface area contributed by atoms with Gasteiger partial charge in [0, 0.05) is 37.8 Å². The van der Waals surface area contributed by atoms with Crippen molar-refractivity contribution in [2.45, 2.75) is 46.1 Å². The summed E-state index contributed by atoms with van der Waals surface area (Å²) in [5.41, 5.74) is 3.02. The number of Topliss-reactive ketones (excluding diaryl/α,β-unsaturated/α-hetero) is 1. The molecule has 2 heterocycles. The molecule has 7 heteroatoms.